The Morgan fingerprint density at radius 3 is 2.32 bits per heavy atom. The number of esters is 1. The number of benzene rings is 2. The Labute approximate surface area is 343 Å². The number of phenolic OH excluding ortho intramolecular Hbond substituents is 3. The molecule has 1 fully saturated rings. The Morgan fingerprint density at radius 2 is 1.68 bits per heavy atom. The van der Waals surface area contributed by atoms with E-state index >= 15 is 0 Å². The van der Waals surface area contributed by atoms with Crippen LogP contribution in [0.25, 0.3) is 10.8 Å². The SMILES string of the molecule is COC1C=COC2(C)Oc3c(C)c(O)c4c(O)c(c(/C=N/N5CCCC(O)C5)c(O)c4c3C2=O)NC(=O)C(C)=CC=CC(C)C(O)C(C)C(O)C(C)C(OC(C)=O)C1C. The first-order valence-electron chi connectivity index (χ1n) is 19.8. The van der Waals surface area contributed by atoms with Crippen LogP contribution in [0.4, 0.5) is 5.69 Å². The van der Waals surface area contributed by atoms with Gasteiger partial charge >= 0.3 is 11.8 Å². The predicted molar refractivity (Wildman–Crippen MR) is 218 cm³/mol. The maximum absolute atomic E-state index is 14.4. The fraction of sp³-hybridized carbons (Fsp3) is 0.535. The van der Waals surface area contributed by atoms with E-state index in [1.54, 1.807) is 44.9 Å². The van der Waals surface area contributed by atoms with E-state index in [0.29, 0.717) is 19.4 Å². The summed E-state index contributed by atoms with van der Waals surface area (Å²) in [5.74, 6) is -8.63. The molecule has 1 saturated heterocycles. The third kappa shape index (κ3) is 8.91. The van der Waals surface area contributed by atoms with Gasteiger partial charge in [0.05, 0.1) is 65.6 Å². The summed E-state index contributed by atoms with van der Waals surface area (Å²) in [7, 11) is 1.43. The number of hydrogen-bond donors (Lipinski definition) is 7. The first kappa shape index (κ1) is 44.9. The third-order valence-electron chi connectivity index (χ3n) is 11.8. The van der Waals surface area contributed by atoms with Gasteiger partial charge in [-0.15, -0.1) is 0 Å². The quantitative estimate of drug-likeness (QED) is 0.0971. The summed E-state index contributed by atoms with van der Waals surface area (Å²) in [5.41, 5.74) is -0.555. The van der Waals surface area contributed by atoms with Crippen LogP contribution in [0.3, 0.4) is 0 Å². The summed E-state index contributed by atoms with van der Waals surface area (Å²) >= 11 is 0. The van der Waals surface area contributed by atoms with Gasteiger partial charge < -0.3 is 54.9 Å². The van der Waals surface area contributed by atoms with Gasteiger partial charge in [0.25, 0.3) is 11.7 Å². The lowest BCUT2D eigenvalue weighted by Gasteiger charge is -2.38. The van der Waals surface area contributed by atoms with E-state index < -0.39 is 94.9 Å². The highest BCUT2D eigenvalue weighted by atomic mass is 16.7. The molecule has 6 rings (SSSR count). The van der Waals surface area contributed by atoms with Gasteiger partial charge in [0.1, 0.15) is 23.4 Å². The number of nitrogens with zero attached hydrogens (tertiary/aromatic N) is 2. The molecule has 0 radical (unpaired) electrons. The van der Waals surface area contributed by atoms with Crippen molar-refractivity contribution in [3.8, 4) is 23.0 Å². The number of phenols is 3. The number of hydrogen-bond acceptors (Lipinski definition) is 15. The van der Waals surface area contributed by atoms with Crippen LogP contribution in [0, 0.1) is 30.6 Å². The molecule has 10 atom stereocenters. The second kappa shape index (κ2) is 18.0. The van der Waals surface area contributed by atoms with Crippen molar-refractivity contribution >= 4 is 40.3 Å². The first-order chi connectivity index (χ1) is 27.7. The number of fused-ring (bicyclic) bond motifs is 14. The van der Waals surface area contributed by atoms with E-state index in [9.17, 15) is 45.0 Å². The number of rotatable bonds is 4. The molecule has 4 aliphatic heterocycles. The first-order valence-corrected chi connectivity index (χ1v) is 19.8. The molecule has 7 N–H and O–H groups in total. The van der Waals surface area contributed by atoms with Gasteiger partial charge in [0.15, 0.2) is 5.75 Å². The fourth-order valence-corrected chi connectivity index (χ4v) is 8.05. The molecule has 322 valence electrons. The molecule has 10 unspecified atom stereocenters. The molecule has 0 aliphatic carbocycles. The van der Waals surface area contributed by atoms with Gasteiger partial charge in [0, 0.05) is 67.7 Å². The number of allylic oxidation sites excluding steroid dienone is 2. The lowest BCUT2D eigenvalue weighted by molar-refractivity contribution is -0.160. The van der Waals surface area contributed by atoms with Crippen LogP contribution in [0.2, 0.25) is 0 Å². The Kier molecular flexibility index (Phi) is 13.7. The van der Waals surface area contributed by atoms with Crippen LogP contribution in [0.15, 0.2) is 41.2 Å². The Hall–Kier alpha value is -5.16. The van der Waals surface area contributed by atoms with Gasteiger partial charge in [0.2, 0.25) is 0 Å². The number of amides is 1. The Bertz CT molecular complexity index is 2080. The zero-order chi connectivity index (χ0) is 43.7. The number of aliphatic hydroxyl groups is 3. The van der Waals surface area contributed by atoms with Crippen LogP contribution >= 0.6 is 0 Å². The molecular weight excluding hydrogens is 766 g/mol. The molecule has 16 heteroatoms. The van der Waals surface area contributed by atoms with Crippen molar-refractivity contribution < 1.29 is 64.0 Å². The molecule has 4 aliphatic rings. The Balaban J connectivity index is 1.71. The van der Waals surface area contributed by atoms with Gasteiger partial charge in [-0.2, -0.15) is 5.10 Å². The van der Waals surface area contributed by atoms with E-state index in [2.05, 4.69) is 10.4 Å². The van der Waals surface area contributed by atoms with Crippen LogP contribution < -0.4 is 10.1 Å². The van der Waals surface area contributed by atoms with Crippen molar-refractivity contribution in [1.29, 1.82) is 0 Å². The number of ketones is 1. The molecule has 59 heavy (non-hydrogen) atoms. The number of ether oxygens (including phenoxy) is 4. The monoisotopic (exact) mass is 823 g/mol. The average Bonchev–Trinajstić information content (AvgIpc) is 3.46. The summed E-state index contributed by atoms with van der Waals surface area (Å²) in [5, 5.41) is 76.6. The number of hydrazone groups is 1. The van der Waals surface area contributed by atoms with E-state index in [4.69, 9.17) is 18.9 Å². The molecule has 5 bridgehead atoms. The molecule has 2 aromatic rings. The largest absolute Gasteiger partial charge is 0.507 e. The zero-order valence-electron chi connectivity index (χ0n) is 34.9. The van der Waals surface area contributed by atoms with E-state index in [0.717, 1.165) is 0 Å². The van der Waals surface area contributed by atoms with Crippen LogP contribution in [0.1, 0.15) is 82.8 Å². The number of anilines is 1. The average molecular weight is 824 g/mol. The fourth-order valence-electron chi connectivity index (χ4n) is 8.05. The van der Waals surface area contributed by atoms with Crippen LogP contribution in [0.5, 0.6) is 23.0 Å². The summed E-state index contributed by atoms with van der Waals surface area (Å²) in [4.78, 5) is 40.5. The highest BCUT2D eigenvalue weighted by Gasteiger charge is 2.50. The number of aromatic hydroxyl groups is 3. The number of Topliss-reactive ketones (excluding diaryl/α,β-unsaturated/α-hetero) is 1. The number of aliphatic hydroxyl groups excluding tert-OH is 3. The van der Waals surface area contributed by atoms with Gasteiger partial charge in [-0.05, 0) is 32.8 Å². The van der Waals surface area contributed by atoms with E-state index in [-0.39, 0.29) is 51.0 Å². The topological polar surface area (TPSA) is 237 Å². The molecule has 0 aromatic heterocycles. The molecule has 1 amide bonds. The van der Waals surface area contributed by atoms with Crippen molar-refractivity contribution in [1.82, 2.24) is 5.01 Å². The summed E-state index contributed by atoms with van der Waals surface area (Å²) in [6.07, 6.45) is 5.20. The number of β-amino-alcohol motifs (C(OH)–C–C–N with tert-alkyl or cyclic N) is 1. The highest BCUT2D eigenvalue weighted by Crippen LogP contribution is 2.55. The standard InChI is InChI=1S/C43H57N3O13/c1-20-12-10-13-21(2)42(55)45-33-28(18-44-46-16-11-14-27(48)19-46)37(52)30-31(38(33)53)36(51)25(6)40-32(30)41(54)43(8,59-40)57-17-15-29(56-9)22(3)39(58-26(7)47)24(5)35(50)23(4)34(20)49/h10,12-13,15,17-18,20,22-24,27,29,34-35,39,48-53H,11,14,16,19H2,1-9H3,(H,45,55)/b12-10?,17-15?,21-13?,44-18+. The van der Waals surface area contributed by atoms with Crippen molar-refractivity contribution in [2.75, 3.05) is 25.5 Å². The van der Waals surface area contributed by atoms with Crippen LogP contribution in [-0.4, -0.2) is 116 Å². The Morgan fingerprint density at radius 1 is 0.983 bits per heavy atom. The van der Waals surface area contributed by atoms with Crippen molar-refractivity contribution in [3.63, 3.8) is 0 Å². The molecule has 0 saturated carbocycles. The number of nitrogens with one attached hydrogen (secondary N) is 1. The molecule has 2 aromatic carbocycles. The second-order valence-corrected chi connectivity index (χ2v) is 16.1. The molecular formula is C43H57N3O13. The van der Waals surface area contributed by atoms with Gasteiger partial charge in [-0.25, -0.2) is 0 Å². The lowest BCUT2D eigenvalue weighted by atomic mass is 9.78. The highest BCUT2D eigenvalue weighted by molar-refractivity contribution is 6.23. The minimum Gasteiger partial charge on any atom is -0.507 e. The summed E-state index contributed by atoms with van der Waals surface area (Å²) in [6, 6.07) is 0. The molecule has 16 nitrogen and oxygen atoms in total. The summed E-state index contributed by atoms with van der Waals surface area (Å²) < 4.78 is 23.5. The number of piperidine rings is 1. The minimum atomic E-state index is -2.07. The molecule has 0 spiro atoms. The number of methoxy groups -OCH3 is 1. The maximum atomic E-state index is 14.4. The second-order valence-electron chi connectivity index (χ2n) is 16.1. The van der Waals surface area contributed by atoms with Crippen molar-refractivity contribution in [3.05, 3.63) is 52.8 Å². The van der Waals surface area contributed by atoms with Gasteiger partial charge in [-0.1, -0.05) is 45.9 Å². The smallest absolute Gasteiger partial charge is 0.312 e. The predicted octanol–water partition coefficient (Wildman–Crippen LogP) is 4.54. The van der Waals surface area contributed by atoms with E-state index in [1.807, 2.05) is 0 Å². The number of carbonyl (C=O) groups excluding carboxylic acids is 3. The van der Waals surface area contributed by atoms with Crippen molar-refractivity contribution in [2.24, 2.45) is 28.8 Å². The van der Waals surface area contributed by atoms with Gasteiger partial charge in [-0.3, -0.25) is 19.4 Å². The maximum Gasteiger partial charge on any atom is 0.312 e. The summed E-state index contributed by atoms with van der Waals surface area (Å²) in [6.45, 7) is 13.1. The lowest BCUT2D eigenvalue weighted by Crippen LogP contribution is -2.46. The van der Waals surface area contributed by atoms with Crippen molar-refractivity contribution in [2.45, 2.75) is 105 Å². The van der Waals surface area contributed by atoms with E-state index in [1.165, 1.54) is 59.4 Å². The number of carbonyl (C=O) groups is 3. The normalized spacial score (nSPS) is 31.0. The third-order valence-corrected chi connectivity index (χ3v) is 11.8. The minimum absolute atomic E-state index is 0.0327. The zero-order valence-corrected chi connectivity index (χ0v) is 34.9. The molecule has 4 heterocycles. The van der Waals surface area contributed by atoms with Crippen LogP contribution in [-0.2, 0) is 23.8 Å².